The summed E-state index contributed by atoms with van der Waals surface area (Å²) in [6, 6.07) is 0. The Morgan fingerprint density at radius 3 is 2.64 bits per heavy atom. The number of hydrogen-bond acceptors (Lipinski definition) is 3. The molecule has 0 aromatic heterocycles. The highest BCUT2D eigenvalue weighted by Crippen LogP contribution is 2.41. The molecule has 84 valence electrons. The first-order valence-corrected chi connectivity index (χ1v) is 5.37. The lowest BCUT2D eigenvalue weighted by Crippen LogP contribution is -2.44. The Bertz CT molecular complexity index is 169. The fourth-order valence-corrected chi connectivity index (χ4v) is 2.61. The van der Waals surface area contributed by atoms with Crippen molar-refractivity contribution in [3.63, 3.8) is 0 Å². The van der Waals surface area contributed by atoms with E-state index in [0.29, 0.717) is 0 Å². The van der Waals surface area contributed by atoms with Crippen molar-refractivity contribution in [2.24, 2.45) is 11.1 Å². The first-order chi connectivity index (χ1) is 6.54. The van der Waals surface area contributed by atoms with Crippen LogP contribution in [0.15, 0.2) is 0 Å². The number of hydrogen-bond donors (Lipinski definition) is 1. The molecule has 14 heavy (non-hydrogen) atoms. The summed E-state index contributed by atoms with van der Waals surface area (Å²) in [4.78, 5) is 0. The molecule has 3 heteroatoms. The number of nitrogens with two attached hydrogens (primary N) is 1. The molecule has 1 rings (SSSR count). The van der Waals surface area contributed by atoms with Crippen molar-refractivity contribution in [3.05, 3.63) is 0 Å². The van der Waals surface area contributed by atoms with Crippen molar-refractivity contribution >= 4 is 0 Å². The smallest absolute Gasteiger partial charge is 0.0632 e. The molecule has 1 aliphatic rings. The van der Waals surface area contributed by atoms with Crippen LogP contribution in [0.3, 0.4) is 0 Å². The summed E-state index contributed by atoms with van der Waals surface area (Å²) in [5, 5.41) is 0. The molecule has 0 amide bonds. The molecule has 0 spiro atoms. The quantitative estimate of drug-likeness (QED) is 0.750. The first-order valence-electron chi connectivity index (χ1n) is 5.37. The average molecular weight is 201 g/mol. The zero-order chi connectivity index (χ0) is 10.7. The Morgan fingerprint density at radius 1 is 1.43 bits per heavy atom. The normalized spacial score (nSPS) is 31.7. The number of rotatable bonds is 4. The molecular weight excluding hydrogens is 178 g/mol. The Balaban J connectivity index is 2.65. The number of ether oxygens (including phenoxy) is 2. The highest BCUT2D eigenvalue weighted by molar-refractivity contribution is 4.90. The standard InChI is InChI=1S/C11H23NO2/c1-10(2)8-11(4-6-12,9-13-3)5-7-14-10/h4-9,12H2,1-3H3. The van der Waals surface area contributed by atoms with Crippen molar-refractivity contribution in [2.75, 3.05) is 26.9 Å². The van der Waals surface area contributed by atoms with Crippen LogP contribution in [0, 0.1) is 5.41 Å². The van der Waals surface area contributed by atoms with E-state index in [2.05, 4.69) is 13.8 Å². The van der Waals surface area contributed by atoms with Crippen LogP contribution in [0.5, 0.6) is 0 Å². The van der Waals surface area contributed by atoms with Crippen LogP contribution >= 0.6 is 0 Å². The van der Waals surface area contributed by atoms with Gasteiger partial charge in [0.2, 0.25) is 0 Å². The SMILES string of the molecule is COCC1(CCN)CCOC(C)(C)C1. The van der Waals surface area contributed by atoms with E-state index in [1.807, 2.05) is 0 Å². The molecule has 0 bridgehead atoms. The minimum absolute atomic E-state index is 0.0219. The summed E-state index contributed by atoms with van der Waals surface area (Å²) in [7, 11) is 1.76. The van der Waals surface area contributed by atoms with Gasteiger partial charge in [0, 0.05) is 13.7 Å². The van der Waals surface area contributed by atoms with Crippen molar-refractivity contribution in [2.45, 2.75) is 38.7 Å². The van der Waals surface area contributed by atoms with E-state index in [1.54, 1.807) is 7.11 Å². The van der Waals surface area contributed by atoms with Gasteiger partial charge in [-0.05, 0) is 45.1 Å². The Morgan fingerprint density at radius 2 is 2.14 bits per heavy atom. The monoisotopic (exact) mass is 201 g/mol. The second-order valence-corrected chi connectivity index (χ2v) is 5.01. The fraction of sp³-hybridized carbons (Fsp3) is 1.00. The largest absolute Gasteiger partial charge is 0.384 e. The third-order valence-corrected chi connectivity index (χ3v) is 3.05. The Labute approximate surface area is 86.9 Å². The van der Waals surface area contributed by atoms with E-state index in [1.165, 1.54) is 0 Å². The van der Waals surface area contributed by atoms with Gasteiger partial charge in [-0.2, -0.15) is 0 Å². The maximum absolute atomic E-state index is 5.72. The predicted molar refractivity (Wildman–Crippen MR) is 57.2 cm³/mol. The second kappa shape index (κ2) is 4.60. The molecule has 1 saturated heterocycles. The average Bonchev–Trinajstić information content (AvgIpc) is 2.02. The number of methoxy groups -OCH3 is 1. The van der Waals surface area contributed by atoms with Gasteiger partial charge in [-0.15, -0.1) is 0 Å². The summed E-state index contributed by atoms with van der Waals surface area (Å²) in [6.45, 7) is 6.66. The maximum Gasteiger partial charge on any atom is 0.0632 e. The van der Waals surface area contributed by atoms with E-state index in [4.69, 9.17) is 15.2 Å². The van der Waals surface area contributed by atoms with Gasteiger partial charge in [0.15, 0.2) is 0 Å². The third kappa shape index (κ3) is 2.94. The third-order valence-electron chi connectivity index (χ3n) is 3.05. The molecule has 1 heterocycles. The van der Waals surface area contributed by atoms with Crippen molar-refractivity contribution < 1.29 is 9.47 Å². The molecule has 1 fully saturated rings. The van der Waals surface area contributed by atoms with Gasteiger partial charge >= 0.3 is 0 Å². The topological polar surface area (TPSA) is 44.5 Å². The van der Waals surface area contributed by atoms with Gasteiger partial charge in [0.25, 0.3) is 0 Å². The minimum atomic E-state index is -0.0219. The predicted octanol–water partition coefficient (Wildman–Crippen LogP) is 1.56. The van der Waals surface area contributed by atoms with Crippen LogP contribution in [0.25, 0.3) is 0 Å². The lowest BCUT2D eigenvalue weighted by molar-refractivity contribution is -0.123. The zero-order valence-corrected chi connectivity index (χ0v) is 9.64. The van der Waals surface area contributed by atoms with Gasteiger partial charge in [-0.1, -0.05) is 0 Å². The highest BCUT2D eigenvalue weighted by Gasteiger charge is 2.40. The van der Waals surface area contributed by atoms with Gasteiger partial charge in [0.1, 0.15) is 0 Å². The lowest BCUT2D eigenvalue weighted by atomic mass is 9.72. The molecule has 2 N–H and O–H groups in total. The minimum Gasteiger partial charge on any atom is -0.384 e. The molecule has 0 aliphatic carbocycles. The molecule has 1 unspecified atom stereocenters. The van der Waals surface area contributed by atoms with Crippen LogP contribution in [-0.4, -0.2) is 32.5 Å². The van der Waals surface area contributed by atoms with E-state index in [0.717, 1.165) is 39.0 Å². The van der Waals surface area contributed by atoms with E-state index >= 15 is 0 Å². The summed E-state index contributed by atoms with van der Waals surface area (Å²) >= 11 is 0. The summed E-state index contributed by atoms with van der Waals surface area (Å²) in [5.74, 6) is 0. The second-order valence-electron chi connectivity index (χ2n) is 5.01. The molecule has 1 atom stereocenters. The van der Waals surface area contributed by atoms with Crippen LogP contribution in [0.1, 0.15) is 33.1 Å². The molecule has 0 saturated carbocycles. The van der Waals surface area contributed by atoms with Crippen LogP contribution in [0.2, 0.25) is 0 Å². The van der Waals surface area contributed by atoms with E-state index in [9.17, 15) is 0 Å². The fourth-order valence-electron chi connectivity index (χ4n) is 2.61. The van der Waals surface area contributed by atoms with Crippen molar-refractivity contribution in [1.29, 1.82) is 0 Å². The molecule has 0 radical (unpaired) electrons. The van der Waals surface area contributed by atoms with Gasteiger partial charge in [-0.3, -0.25) is 0 Å². The van der Waals surface area contributed by atoms with Crippen LogP contribution in [0.4, 0.5) is 0 Å². The summed E-state index contributed by atoms with van der Waals surface area (Å²) in [5.41, 5.74) is 5.89. The van der Waals surface area contributed by atoms with Crippen LogP contribution < -0.4 is 5.73 Å². The van der Waals surface area contributed by atoms with E-state index in [-0.39, 0.29) is 11.0 Å². The molecule has 1 aliphatic heterocycles. The lowest BCUT2D eigenvalue weighted by Gasteiger charge is -2.44. The van der Waals surface area contributed by atoms with Gasteiger partial charge in [0.05, 0.1) is 12.2 Å². The molecule has 0 aromatic carbocycles. The molecule has 3 nitrogen and oxygen atoms in total. The molecule has 0 aromatic rings. The Hall–Kier alpha value is -0.120. The van der Waals surface area contributed by atoms with Gasteiger partial charge in [-0.25, -0.2) is 0 Å². The van der Waals surface area contributed by atoms with E-state index < -0.39 is 0 Å². The van der Waals surface area contributed by atoms with Crippen molar-refractivity contribution in [1.82, 2.24) is 0 Å². The van der Waals surface area contributed by atoms with Crippen molar-refractivity contribution in [3.8, 4) is 0 Å². The van der Waals surface area contributed by atoms with Gasteiger partial charge < -0.3 is 15.2 Å². The van der Waals surface area contributed by atoms with Crippen LogP contribution in [-0.2, 0) is 9.47 Å². The summed E-state index contributed by atoms with van der Waals surface area (Å²) < 4.78 is 11.0. The Kier molecular flexibility index (Phi) is 3.93. The first kappa shape index (κ1) is 12.0. The summed E-state index contributed by atoms with van der Waals surface area (Å²) in [6.07, 6.45) is 3.15. The maximum atomic E-state index is 5.72. The highest BCUT2D eigenvalue weighted by atomic mass is 16.5. The zero-order valence-electron chi connectivity index (χ0n) is 9.64. The molecular formula is C11H23NO2.